The smallest absolute Gasteiger partial charge is 0.261 e. The number of aryl methyl sites for hydroxylation is 1. The van der Waals surface area contributed by atoms with E-state index in [2.05, 4.69) is 0 Å². The highest BCUT2D eigenvalue weighted by Gasteiger charge is 2.10. The van der Waals surface area contributed by atoms with E-state index in [1.807, 2.05) is 0 Å². The minimum Gasteiger partial charge on any atom is -0.389 e. The second kappa shape index (κ2) is 5.50. The highest BCUT2D eigenvalue weighted by Crippen LogP contribution is 2.10. The maximum atomic E-state index is 13.2. The van der Waals surface area contributed by atoms with Gasteiger partial charge in [0, 0.05) is 5.69 Å². The van der Waals surface area contributed by atoms with Crippen LogP contribution < -0.4 is 11.3 Å². The van der Waals surface area contributed by atoms with Crippen LogP contribution in [0, 0.1) is 18.6 Å². The molecule has 3 nitrogen and oxygen atoms in total. The van der Waals surface area contributed by atoms with Crippen LogP contribution in [0.5, 0.6) is 0 Å². The van der Waals surface area contributed by atoms with Crippen molar-refractivity contribution in [2.45, 2.75) is 13.5 Å². The Morgan fingerprint density at radius 3 is 2.55 bits per heavy atom. The van der Waals surface area contributed by atoms with E-state index in [0.29, 0.717) is 11.3 Å². The third-order valence-electron chi connectivity index (χ3n) is 2.98. The molecule has 0 aliphatic heterocycles. The zero-order valence-corrected chi connectivity index (χ0v) is 11.5. The molecule has 1 aromatic carbocycles. The highest BCUT2D eigenvalue weighted by molar-refractivity contribution is 7.80. The normalized spacial score (nSPS) is 10.6. The van der Waals surface area contributed by atoms with Gasteiger partial charge in [0.2, 0.25) is 0 Å². The van der Waals surface area contributed by atoms with Crippen molar-refractivity contribution in [3.63, 3.8) is 0 Å². The van der Waals surface area contributed by atoms with Gasteiger partial charge in [-0.05, 0) is 36.8 Å². The summed E-state index contributed by atoms with van der Waals surface area (Å²) in [6, 6.07) is 6.78. The first-order chi connectivity index (χ1) is 9.40. The van der Waals surface area contributed by atoms with Gasteiger partial charge in [-0.3, -0.25) is 4.79 Å². The van der Waals surface area contributed by atoms with Gasteiger partial charge in [-0.1, -0.05) is 18.3 Å². The molecule has 1 aromatic heterocycles. The Kier molecular flexibility index (Phi) is 3.94. The topological polar surface area (TPSA) is 48.0 Å². The van der Waals surface area contributed by atoms with Crippen LogP contribution in [0.1, 0.15) is 16.8 Å². The summed E-state index contributed by atoms with van der Waals surface area (Å²) in [5.74, 6) is -1.87. The van der Waals surface area contributed by atoms with E-state index in [1.165, 1.54) is 10.6 Å². The highest BCUT2D eigenvalue weighted by atomic mass is 32.1. The molecule has 0 radical (unpaired) electrons. The van der Waals surface area contributed by atoms with Crippen LogP contribution in [0.3, 0.4) is 0 Å². The van der Waals surface area contributed by atoms with E-state index in [-0.39, 0.29) is 22.7 Å². The van der Waals surface area contributed by atoms with Crippen molar-refractivity contribution in [1.82, 2.24) is 4.57 Å². The molecular formula is C14H12F2N2OS. The first-order valence-corrected chi connectivity index (χ1v) is 6.25. The van der Waals surface area contributed by atoms with E-state index in [0.717, 1.165) is 12.1 Å². The lowest BCUT2D eigenvalue weighted by Crippen LogP contribution is -2.30. The molecule has 0 aliphatic carbocycles. The largest absolute Gasteiger partial charge is 0.389 e. The zero-order chi connectivity index (χ0) is 14.9. The Hall–Kier alpha value is -2.08. The quantitative estimate of drug-likeness (QED) is 0.882. The second-order valence-corrected chi connectivity index (χ2v) is 4.83. The van der Waals surface area contributed by atoms with Crippen molar-refractivity contribution in [2.24, 2.45) is 5.73 Å². The molecular weight excluding hydrogens is 282 g/mol. The number of hydrogen-bond acceptors (Lipinski definition) is 2. The lowest BCUT2D eigenvalue weighted by molar-refractivity contribution is 0.506. The zero-order valence-electron chi connectivity index (χ0n) is 10.7. The van der Waals surface area contributed by atoms with E-state index in [1.54, 1.807) is 19.1 Å². The number of hydrogen-bond donors (Lipinski definition) is 1. The van der Waals surface area contributed by atoms with Gasteiger partial charge in [0.25, 0.3) is 5.56 Å². The molecule has 0 saturated heterocycles. The number of benzene rings is 1. The molecule has 1 heterocycles. The van der Waals surface area contributed by atoms with Crippen molar-refractivity contribution in [3.05, 3.63) is 69.1 Å². The maximum Gasteiger partial charge on any atom is 0.261 e. The fraction of sp³-hybridized carbons (Fsp3) is 0.143. The van der Waals surface area contributed by atoms with Crippen molar-refractivity contribution < 1.29 is 8.78 Å². The van der Waals surface area contributed by atoms with E-state index < -0.39 is 11.6 Å². The van der Waals surface area contributed by atoms with Crippen LogP contribution in [0.2, 0.25) is 0 Å². The number of nitrogens with two attached hydrogens (primary N) is 1. The first kappa shape index (κ1) is 14.3. The fourth-order valence-electron chi connectivity index (χ4n) is 1.88. The Bertz CT molecular complexity index is 740. The molecule has 6 heteroatoms. The molecule has 0 atom stereocenters. The van der Waals surface area contributed by atoms with E-state index in [4.69, 9.17) is 18.0 Å². The summed E-state index contributed by atoms with van der Waals surface area (Å²) < 4.78 is 27.5. The molecule has 0 saturated carbocycles. The number of halogens is 2. The third kappa shape index (κ3) is 2.75. The summed E-state index contributed by atoms with van der Waals surface area (Å²) in [6.45, 7) is 1.86. The molecule has 0 fully saturated rings. The molecule has 0 aliphatic rings. The van der Waals surface area contributed by atoms with Crippen LogP contribution in [0.25, 0.3) is 0 Å². The van der Waals surface area contributed by atoms with E-state index in [9.17, 15) is 13.6 Å². The molecule has 0 amide bonds. The lowest BCUT2D eigenvalue weighted by atomic mass is 10.2. The lowest BCUT2D eigenvalue weighted by Gasteiger charge is -2.12. The molecule has 0 spiro atoms. The predicted molar refractivity (Wildman–Crippen MR) is 76.8 cm³/mol. The molecule has 0 unspecified atom stereocenters. The van der Waals surface area contributed by atoms with Gasteiger partial charge in [0.05, 0.1) is 12.1 Å². The van der Waals surface area contributed by atoms with Crippen LogP contribution in [0.15, 0.2) is 35.1 Å². The maximum absolute atomic E-state index is 13.2. The monoisotopic (exact) mass is 294 g/mol. The van der Waals surface area contributed by atoms with Gasteiger partial charge in [-0.15, -0.1) is 0 Å². The molecule has 2 rings (SSSR count). The molecule has 2 N–H and O–H groups in total. The summed E-state index contributed by atoms with van der Waals surface area (Å²) in [6.07, 6.45) is 0. The summed E-state index contributed by atoms with van der Waals surface area (Å²) in [5, 5.41) is 0. The van der Waals surface area contributed by atoms with Gasteiger partial charge in [0.15, 0.2) is 11.6 Å². The number of pyridine rings is 1. The van der Waals surface area contributed by atoms with Gasteiger partial charge < -0.3 is 10.3 Å². The minimum absolute atomic E-state index is 0.00837. The van der Waals surface area contributed by atoms with Crippen LogP contribution >= 0.6 is 12.2 Å². The van der Waals surface area contributed by atoms with Crippen LogP contribution in [-0.4, -0.2) is 9.56 Å². The third-order valence-corrected chi connectivity index (χ3v) is 3.20. The van der Waals surface area contributed by atoms with Crippen LogP contribution in [0.4, 0.5) is 8.78 Å². The minimum atomic E-state index is -0.946. The van der Waals surface area contributed by atoms with Gasteiger partial charge in [0.1, 0.15) is 4.99 Å². The Balaban J connectivity index is 2.48. The van der Waals surface area contributed by atoms with E-state index >= 15 is 0 Å². The summed E-state index contributed by atoms with van der Waals surface area (Å²) in [5.41, 5.74) is 6.53. The molecule has 104 valence electrons. The van der Waals surface area contributed by atoms with Gasteiger partial charge in [-0.2, -0.15) is 0 Å². The predicted octanol–water partition coefficient (Wildman–Crippen LogP) is 2.12. The van der Waals surface area contributed by atoms with Crippen molar-refractivity contribution in [3.8, 4) is 0 Å². The fourth-order valence-corrected chi connectivity index (χ4v) is 2.03. The average Bonchev–Trinajstić information content (AvgIpc) is 2.38. The summed E-state index contributed by atoms with van der Waals surface area (Å²) >= 11 is 4.81. The second-order valence-electron chi connectivity index (χ2n) is 4.39. The van der Waals surface area contributed by atoms with Crippen molar-refractivity contribution >= 4 is 17.2 Å². The Morgan fingerprint density at radius 2 is 1.95 bits per heavy atom. The Morgan fingerprint density at radius 1 is 1.25 bits per heavy atom. The first-order valence-electron chi connectivity index (χ1n) is 5.84. The van der Waals surface area contributed by atoms with Gasteiger partial charge >= 0.3 is 0 Å². The van der Waals surface area contributed by atoms with Gasteiger partial charge in [-0.25, -0.2) is 8.78 Å². The summed E-state index contributed by atoms with van der Waals surface area (Å²) in [7, 11) is 0. The van der Waals surface area contributed by atoms with Crippen LogP contribution in [-0.2, 0) is 6.54 Å². The van der Waals surface area contributed by atoms with Crippen molar-refractivity contribution in [2.75, 3.05) is 0 Å². The number of thiocarbonyl (C=S) groups is 1. The SMILES string of the molecule is Cc1ccc(C(N)=S)c(=O)n1Cc1ccc(F)c(F)c1. The number of rotatable bonds is 3. The molecule has 2 aromatic rings. The van der Waals surface area contributed by atoms with Crippen molar-refractivity contribution in [1.29, 1.82) is 0 Å². The standard InChI is InChI=1S/C14H12F2N2OS/c1-8-2-4-10(13(17)20)14(19)18(8)7-9-3-5-11(15)12(16)6-9/h2-6H,7H2,1H3,(H2,17,20). The number of nitrogens with zero attached hydrogens (tertiary/aromatic N) is 1. The average molecular weight is 294 g/mol. The summed E-state index contributed by atoms with van der Waals surface area (Å²) in [4.78, 5) is 12.2. The molecule has 0 bridgehead atoms. The Labute approximate surface area is 119 Å². The number of aromatic nitrogens is 1. The molecule has 20 heavy (non-hydrogen) atoms.